The molecule has 0 spiro atoms. The molecule has 0 saturated carbocycles. The van der Waals surface area contributed by atoms with Crippen molar-refractivity contribution in [2.45, 2.75) is 20.0 Å². The lowest BCUT2D eigenvalue weighted by Crippen LogP contribution is -2.34. The predicted octanol–water partition coefficient (Wildman–Crippen LogP) is 1.60. The van der Waals surface area contributed by atoms with Crippen LogP contribution in [0.3, 0.4) is 0 Å². The Hall–Kier alpha value is -1.78. The molecule has 1 aromatic carbocycles. The molecule has 0 fully saturated rings. The van der Waals surface area contributed by atoms with Gasteiger partial charge in [-0.05, 0) is 35.8 Å². The highest BCUT2D eigenvalue weighted by molar-refractivity contribution is 9.10. The fourth-order valence-corrected chi connectivity index (χ4v) is 2.04. The van der Waals surface area contributed by atoms with Gasteiger partial charge >= 0.3 is 0 Å². The number of rotatable bonds is 7. The van der Waals surface area contributed by atoms with E-state index in [4.69, 9.17) is 19.8 Å². The number of hydrogen-bond donors (Lipinski definition) is 2. The number of nitrogens with zero attached hydrogens (tertiary/aromatic N) is 1. The van der Waals surface area contributed by atoms with E-state index >= 15 is 0 Å². The summed E-state index contributed by atoms with van der Waals surface area (Å²) in [5.74, 6) is 0.407. The summed E-state index contributed by atoms with van der Waals surface area (Å²) in [5, 5.41) is 20.5. The SMILES string of the molecule is CCOc1cc(C#N)cc(Br)c1OCC(=O)NCC(C)O. The number of ether oxygens (including phenoxy) is 2. The van der Waals surface area contributed by atoms with Crippen molar-refractivity contribution >= 4 is 21.8 Å². The van der Waals surface area contributed by atoms with Crippen LogP contribution in [0.15, 0.2) is 16.6 Å². The van der Waals surface area contributed by atoms with E-state index in [1.807, 2.05) is 13.0 Å². The minimum absolute atomic E-state index is 0.162. The number of carbonyl (C=O) groups is 1. The summed E-state index contributed by atoms with van der Waals surface area (Å²) in [4.78, 5) is 11.6. The lowest BCUT2D eigenvalue weighted by atomic mass is 10.2. The molecule has 0 aliphatic heterocycles. The van der Waals surface area contributed by atoms with Gasteiger partial charge in [0.1, 0.15) is 0 Å². The maximum Gasteiger partial charge on any atom is 0.258 e. The molecule has 0 heterocycles. The van der Waals surface area contributed by atoms with E-state index in [0.29, 0.717) is 28.1 Å². The van der Waals surface area contributed by atoms with Gasteiger partial charge in [0.05, 0.1) is 28.8 Å². The fraction of sp³-hybridized carbons (Fsp3) is 0.429. The smallest absolute Gasteiger partial charge is 0.258 e. The van der Waals surface area contributed by atoms with Crippen LogP contribution in [-0.4, -0.2) is 36.9 Å². The number of benzene rings is 1. The van der Waals surface area contributed by atoms with Crippen LogP contribution in [0.5, 0.6) is 11.5 Å². The zero-order chi connectivity index (χ0) is 15.8. The molecule has 114 valence electrons. The highest BCUT2D eigenvalue weighted by Crippen LogP contribution is 2.36. The van der Waals surface area contributed by atoms with Crippen molar-refractivity contribution in [1.82, 2.24) is 5.32 Å². The number of aliphatic hydroxyl groups excluding tert-OH is 1. The van der Waals surface area contributed by atoms with Crippen molar-refractivity contribution < 1.29 is 19.4 Å². The van der Waals surface area contributed by atoms with Crippen LogP contribution in [0.25, 0.3) is 0 Å². The third-order valence-corrected chi connectivity index (χ3v) is 2.97. The summed E-state index contributed by atoms with van der Waals surface area (Å²) in [6, 6.07) is 5.16. The molecule has 0 bridgehead atoms. The van der Waals surface area contributed by atoms with Gasteiger partial charge in [0.15, 0.2) is 18.1 Å². The third-order valence-electron chi connectivity index (χ3n) is 2.38. The van der Waals surface area contributed by atoms with Crippen molar-refractivity contribution in [2.75, 3.05) is 19.8 Å². The van der Waals surface area contributed by atoms with Crippen LogP contribution in [0.1, 0.15) is 19.4 Å². The lowest BCUT2D eigenvalue weighted by molar-refractivity contribution is -0.123. The summed E-state index contributed by atoms with van der Waals surface area (Å²) >= 11 is 3.29. The van der Waals surface area contributed by atoms with Crippen LogP contribution in [0, 0.1) is 11.3 Å². The number of amides is 1. The monoisotopic (exact) mass is 356 g/mol. The fourth-order valence-electron chi connectivity index (χ4n) is 1.49. The van der Waals surface area contributed by atoms with Gasteiger partial charge < -0.3 is 19.9 Å². The largest absolute Gasteiger partial charge is 0.490 e. The number of nitriles is 1. The predicted molar refractivity (Wildman–Crippen MR) is 80.2 cm³/mol. The van der Waals surface area contributed by atoms with E-state index in [2.05, 4.69) is 21.2 Å². The first-order valence-corrected chi connectivity index (χ1v) is 7.21. The Morgan fingerprint density at radius 3 is 2.81 bits per heavy atom. The van der Waals surface area contributed by atoms with E-state index in [1.54, 1.807) is 19.1 Å². The third kappa shape index (κ3) is 5.61. The minimum atomic E-state index is -0.616. The van der Waals surface area contributed by atoms with Crippen molar-refractivity contribution in [1.29, 1.82) is 5.26 Å². The van der Waals surface area contributed by atoms with Gasteiger partial charge in [-0.15, -0.1) is 0 Å². The topological polar surface area (TPSA) is 91.6 Å². The molecule has 0 saturated heterocycles. The second-order valence-corrected chi connectivity index (χ2v) is 5.13. The summed E-state index contributed by atoms with van der Waals surface area (Å²) in [6.07, 6.45) is -0.616. The summed E-state index contributed by atoms with van der Waals surface area (Å²) < 4.78 is 11.4. The highest BCUT2D eigenvalue weighted by atomic mass is 79.9. The number of carbonyl (C=O) groups excluding carboxylic acids is 1. The molecule has 7 heteroatoms. The van der Waals surface area contributed by atoms with Gasteiger partial charge in [0.2, 0.25) is 0 Å². The Labute approximate surface area is 131 Å². The van der Waals surface area contributed by atoms with E-state index in [0.717, 1.165) is 0 Å². The second kappa shape index (κ2) is 8.49. The van der Waals surface area contributed by atoms with Gasteiger partial charge in [0.25, 0.3) is 5.91 Å². The van der Waals surface area contributed by atoms with E-state index in [9.17, 15) is 4.79 Å². The molecule has 0 radical (unpaired) electrons. The van der Waals surface area contributed by atoms with Crippen molar-refractivity contribution in [3.63, 3.8) is 0 Å². The number of hydrogen-bond acceptors (Lipinski definition) is 5. The first-order chi connectivity index (χ1) is 9.97. The Morgan fingerprint density at radius 2 is 2.24 bits per heavy atom. The molecule has 0 aromatic heterocycles. The summed E-state index contributed by atoms with van der Waals surface area (Å²) in [5.41, 5.74) is 0.427. The summed E-state index contributed by atoms with van der Waals surface area (Å²) in [6.45, 7) is 3.75. The van der Waals surface area contributed by atoms with Gasteiger partial charge in [0, 0.05) is 12.6 Å². The van der Waals surface area contributed by atoms with Gasteiger partial charge in [-0.3, -0.25) is 4.79 Å². The zero-order valence-electron chi connectivity index (χ0n) is 11.9. The molecule has 6 nitrogen and oxygen atoms in total. The molecule has 0 aliphatic carbocycles. The van der Waals surface area contributed by atoms with Crippen LogP contribution in [-0.2, 0) is 4.79 Å². The van der Waals surface area contributed by atoms with E-state index in [-0.39, 0.29) is 19.1 Å². The van der Waals surface area contributed by atoms with Gasteiger partial charge in [-0.1, -0.05) is 0 Å². The Balaban J connectivity index is 2.78. The van der Waals surface area contributed by atoms with Crippen LogP contribution in [0.2, 0.25) is 0 Å². The quantitative estimate of drug-likeness (QED) is 0.773. The molecular formula is C14H17BrN2O4. The van der Waals surface area contributed by atoms with Crippen molar-refractivity contribution in [3.05, 3.63) is 22.2 Å². The maximum absolute atomic E-state index is 11.6. The van der Waals surface area contributed by atoms with Crippen LogP contribution >= 0.6 is 15.9 Å². The van der Waals surface area contributed by atoms with Crippen LogP contribution in [0.4, 0.5) is 0 Å². The van der Waals surface area contributed by atoms with Gasteiger partial charge in [-0.25, -0.2) is 0 Å². The van der Waals surface area contributed by atoms with Crippen molar-refractivity contribution in [2.24, 2.45) is 0 Å². The Bertz CT molecular complexity index is 541. The zero-order valence-corrected chi connectivity index (χ0v) is 13.4. The normalized spacial score (nSPS) is 11.4. The van der Waals surface area contributed by atoms with Gasteiger partial charge in [-0.2, -0.15) is 5.26 Å². The highest BCUT2D eigenvalue weighted by Gasteiger charge is 2.14. The number of aliphatic hydroxyl groups is 1. The minimum Gasteiger partial charge on any atom is -0.490 e. The molecular weight excluding hydrogens is 340 g/mol. The molecule has 0 aliphatic rings. The molecule has 2 N–H and O–H groups in total. The average molecular weight is 357 g/mol. The number of halogens is 1. The first-order valence-electron chi connectivity index (χ1n) is 6.42. The first kappa shape index (κ1) is 17.3. The molecule has 1 rings (SSSR count). The average Bonchev–Trinajstić information content (AvgIpc) is 2.44. The molecule has 21 heavy (non-hydrogen) atoms. The molecule has 1 unspecified atom stereocenters. The molecule has 1 atom stereocenters. The lowest BCUT2D eigenvalue weighted by Gasteiger charge is -2.14. The summed E-state index contributed by atoms with van der Waals surface area (Å²) in [7, 11) is 0. The van der Waals surface area contributed by atoms with Crippen LogP contribution < -0.4 is 14.8 Å². The Kier molecular flexibility index (Phi) is 6.99. The van der Waals surface area contributed by atoms with E-state index < -0.39 is 6.10 Å². The Morgan fingerprint density at radius 1 is 1.52 bits per heavy atom. The van der Waals surface area contributed by atoms with E-state index in [1.165, 1.54) is 0 Å². The maximum atomic E-state index is 11.6. The standard InChI is InChI=1S/C14H17BrN2O4/c1-3-20-12-5-10(6-16)4-11(15)14(12)21-8-13(19)17-7-9(2)18/h4-5,9,18H,3,7-8H2,1-2H3,(H,17,19). The molecule has 1 amide bonds. The van der Waals surface area contributed by atoms with Crippen molar-refractivity contribution in [3.8, 4) is 17.6 Å². The number of nitrogens with one attached hydrogen (secondary N) is 1. The second-order valence-electron chi connectivity index (χ2n) is 4.27. The molecule has 1 aromatic rings.